The predicted molar refractivity (Wildman–Crippen MR) is 90.1 cm³/mol. The van der Waals surface area contributed by atoms with Gasteiger partial charge in [0.05, 0.1) is 12.2 Å². The van der Waals surface area contributed by atoms with E-state index >= 15 is 0 Å². The Kier molecular flexibility index (Phi) is 5.76. The van der Waals surface area contributed by atoms with Crippen LogP contribution in [0.1, 0.15) is 21.8 Å². The summed E-state index contributed by atoms with van der Waals surface area (Å²) >= 11 is 5.77. The SMILES string of the molecule is O=C(COCc1ccc(Cl)cc1)c1ccc(-c2noc(C(F)(F)F)n2)c(F)c1. The van der Waals surface area contributed by atoms with E-state index in [1.165, 1.54) is 6.07 Å². The Morgan fingerprint density at radius 3 is 2.46 bits per heavy atom. The van der Waals surface area contributed by atoms with E-state index in [0.717, 1.165) is 17.7 Å². The third-order valence-electron chi connectivity index (χ3n) is 3.62. The van der Waals surface area contributed by atoms with E-state index in [-0.39, 0.29) is 24.3 Å². The molecule has 2 aromatic carbocycles. The van der Waals surface area contributed by atoms with Gasteiger partial charge in [-0.15, -0.1) is 0 Å². The first kappa shape index (κ1) is 20.0. The highest BCUT2D eigenvalue weighted by Crippen LogP contribution is 2.30. The summed E-state index contributed by atoms with van der Waals surface area (Å²) in [6.45, 7) is -0.144. The van der Waals surface area contributed by atoms with Crippen molar-refractivity contribution < 1.29 is 31.6 Å². The molecule has 1 aromatic heterocycles. The van der Waals surface area contributed by atoms with Gasteiger partial charge in [-0.05, 0) is 29.8 Å². The number of hydrogen-bond donors (Lipinski definition) is 0. The van der Waals surface area contributed by atoms with Crippen LogP contribution in [0.4, 0.5) is 17.6 Å². The van der Waals surface area contributed by atoms with Gasteiger partial charge in [-0.25, -0.2) is 4.39 Å². The maximum absolute atomic E-state index is 14.2. The maximum atomic E-state index is 14.2. The molecule has 10 heteroatoms. The van der Waals surface area contributed by atoms with Crippen molar-refractivity contribution in [2.45, 2.75) is 12.8 Å². The zero-order chi connectivity index (χ0) is 20.3. The van der Waals surface area contributed by atoms with Gasteiger partial charge in [0.1, 0.15) is 12.4 Å². The number of carbonyl (C=O) groups is 1. The third kappa shape index (κ3) is 4.73. The molecule has 0 N–H and O–H groups in total. The van der Waals surface area contributed by atoms with Crippen molar-refractivity contribution in [3.63, 3.8) is 0 Å². The Morgan fingerprint density at radius 1 is 1.14 bits per heavy atom. The number of ketones is 1. The van der Waals surface area contributed by atoms with E-state index in [0.29, 0.717) is 5.02 Å². The lowest BCUT2D eigenvalue weighted by Gasteiger charge is -2.06. The molecule has 0 fully saturated rings. The topological polar surface area (TPSA) is 65.2 Å². The average Bonchev–Trinajstić information content (AvgIpc) is 3.13. The molecule has 0 atom stereocenters. The molecule has 0 unspecified atom stereocenters. The van der Waals surface area contributed by atoms with Gasteiger partial charge in [0, 0.05) is 10.6 Å². The molecule has 0 radical (unpaired) electrons. The van der Waals surface area contributed by atoms with Gasteiger partial charge in [-0.2, -0.15) is 18.2 Å². The number of alkyl halides is 3. The molecular formula is C18H11ClF4N2O3. The van der Waals surface area contributed by atoms with Crippen LogP contribution in [0.25, 0.3) is 11.4 Å². The summed E-state index contributed by atoms with van der Waals surface area (Å²) in [5, 5.41) is 3.68. The summed E-state index contributed by atoms with van der Waals surface area (Å²) in [6.07, 6.45) is -4.83. The monoisotopic (exact) mass is 414 g/mol. The fraction of sp³-hybridized carbons (Fsp3) is 0.167. The van der Waals surface area contributed by atoms with Crippen LogP contribution in [0.5, 0.6) is 0 Å². The van der Waals surface area contributed by atoms with Gasteiger partial charge < -0.3 is 9.26 Å². The summed E-state index contributed by atoms with van der Waals surface area (Å²) in [5.41, 5.74) is 0.478. The Labute approximate surface area is 160 Å². The highest BCUT2D eigenvalue weighted by atomic mass is 35.5. The van der Waals surface area contributed by atoms with Crippen molar-refractivity contribution >= 4 is 17.4 Å². The van der Waals surface area contributed by atoms with Crippen LogP contribution in [0.2, 0.25) is 5.02 Å². The Bertz CT molecular complexity index is 987. The van der Waals surface area contributed by atoms with Crippen molar-refractivity contribution in [1.29, 1.82) is 0 Å². The molecule has 3 aromatic rings. The minimum Gasteiger partial charge on any atom is -0.369 e. The highest BCUT2D eigenvalue weighted by Gasteiger charge is 2.38. The fourth-order valence-corrected chi connectivity index (χ4v) is 2.37. The Hall–Kier alpha value is -2.78. The zero-order valence-electron chi connectivity index (χ0n) is 14.0. The van der Waals surface area contributed by atoms with Crippen LogP contribution in [0, 0.1) is 5.82 Å². The van der Waals surface area contributed by atoms with Gasteiger partial charge >= 0.3 is 12.1 Å². The number of aromatic nitrogens is 2. The summed E-state index contributed by atoms with van der Waals surface area (Å²) in [5.74, 6) is -3.61. The van der Waals surface area contributed by atoms with E-state index in [4.69, 9.17) is 16.3 Å². The molecule has 0 spiro atoms. The van der Waals surface area contributed by atoms with Gasteiger partial charge in [0.25, 0.3) is 0 Å². The first-order valence-corrected chi connectivity index (χ1v) is 8.18. The highest BCUT2D eigenvalue weighted by molar-refractivity contribution is 6.30. The van der Waals surface area contributed by atoms with Crippen LogP contribution in [0.15, 0.2) is 47.0 Å². The average molecular weight is 415 g/mol. The van der Waals surface area contributed by atoms with Crippen LogP contribution < -0.4 is 0 Å². The number of benzene rings is 2. The van der Waals surface area contributed by atoms with E-state index in [1.807, 2.05) is 0 Å². The second kappa shape index (κ2) is 8.07. The second-order valence-electron chi connectivity index (χ2n) is 5.66. The molecule has 5 nitrogen and oxygen atoms in total. The van der Waals surface area contributed by atoms with Crippen molar-refractivity contribution in [3.05, 3.63) is 70.3 Å². The zero-order valence-corrected chi connectivity index (χ0v) is 14.7. The quantitative estimate of drug-likeness (QED) is 0.422. The van der Waals surface area contributed by atoms with E-state index in [2.05, 4.69) is 14.7 Å². The first-order chi connectivity index (χ1) is 13.2. The molecule has 3 rings (SSSR count). The minimum atomic E-state index is -4.83. The molecule has 0 amide bonds. The predicted octanol–water partition coefficient (Wildman–Crippen LogP) is 4.95. The number of ether oxygens (including phenoxy) is 1. The molecule has 0 saturated heterocycles. The second-order valence-corrected chi connectivity index (χ2v) is 6.09. The van der Waals surface area contributed by atoms with Crippen LogP contribution in [-0.4, -0.2) is 22.5 Å². The van der Waals surface area contributed by atoms with Gasteiger partial charge in [-0.1, -0.05) is 35.0 Å². The van der Waals surface area contributed by atoms with Crippen molar-refractivity contribution in [2.75, 3.05) is 6.61 Å². The molecule has 146 valence electrons. The molecule has 0 aliphatic heterocycles. The number of hydrogen-bond acceptors (Lipinski definition) is 5. The number of nitrogens with zero attached hydrogens (tertiary/aromatic N) is 2. The first-order valence-electron chi connectivity index (χ1n) is 7.80. The number of carbonyl (C=O) groups excluding carboxylic acids is 1. The summed E-state index contributed by atoms with van der Waals surface area (Å²) in [4.78, 5) is 15.2. The Balaban J connectivity index is 1.65. The van der Waals surface area contributed by atoms with Gasteiger partial charge in [-0.3, -0.25) is 4.79 Å². The summed E-state index contributed by atoms with van der Waals surface area (Å²) in [6, 6.07) is 10.1. The number of Topliss-reactive ketones (excluding diaryl/α,β-unsaturated/α-hetero) is 1. The standard InChI is InChI=1S/C18H11ClF4N2O3/c19-12-4-1-10(2-5-12)8-27-9-15(26)11-3-6-13(14(20)7-11)16-24-17(28-25-16)18(21,22)23/h1-7H,8-9H2. The van der Waals surface area contributed by atoms with E-state index < -0.39 is 29.5 Å². The Morgan fingerprint density at radius 2 is 1.86 bits per heavy atom. The van der Waals surface area contributed by atoms with Gasteiger partial charge in [0.15, 0.2) is 5.78 Å². The molecule has 0 saturated carbocycles. The molecule has 0 aliphatic rings. The largest absolute Gasteiger partial charge is 0.471 e. The lowest BCUT2D eigenvalue weighted by Crippen LogP contribution is -2.09. The normalized spacial score (nSPS) is 11.6. The van der Waals surface area contributed by atoms with Crippen molar-refractivity contribution in [2.24, 2.45) is 0 Å². The fourth-order valence-electron chi connectivity index (χ4n) is 2.24. The lowest BCUT2D eigenvalue weighted by atomic mass is 10.1. The van der Waals surface area contributed by atoms with Crippen LogP contribution in [0.3, 0.4) is 0 Å². The van der Waals surface area contributed by atoms with Crippen molar-refractivity contribution in [1.82, 2.24) is 10.1 Å². The van der Waals surface area contributed by atoms with Crippen LogP contribution in [-0.2, 0) is 17.5 Å². The maximum Gasteiger partial charge on any atom is 0.471 e. The smallest absolute Gasteiger partial charge is 0.369 e. The molecule has 28 heavy (non-hydrogen) atoms. The lowest BCUT2D eigenvalue weighted by molar-refractivity contribution is -0.159. The van der Waals surface area contributed by atoms with Crippen LogP contribution >= 0.6 is 11.6 Å². The number of rotatable bonds is 6. The summed E-state index contributed by atoms with van der Waals surface area (Å²) in [7, 11) is 0. The van der Waals surface area contributed by atoms with E-state index in [9.17, 15) is 22.4 Å². The molecule has 0 aliphatic carbocycles. The number of halogens is 5. The molecule has 0 bridgehead atoms. The molecule has 1 heterocycles. The van der Waals surface area contributed by atoms with Crippen molar-refractivity contribution in [3.8, 4) is 11.4 Å². The third-order valence-corrected chi connectivity index (χ3v) is 3.87. The molecular weight excluding hydrogens is 404 g/mol. The van der Waals surface area contributed by atoms with E-state index in [1.54, 1.807) is 24.3 Å². The summed E-state index contributed by atoms with van der Waals surface area (Å²) < 4.78 is 61.1. The van der Waals surface area contributed by atoms with Gasteiger partial charge in [0.2, 0.25) is 5.82 Å². The minimum absolute atomic E-state index is 0.00287.